The van der Waals surface area contributed by atoms with Crippen LogP contribution in [0.4, 0.5) is 5.69 Å². The van der Waals surface area contributed by atoms with Gasteiger partial charge in [0.2, 0.25) is 0 Å². The molecule has 0 bridgehead atoms. The molecule has 1 aromatic heterocycles. The molecule has 0 radical (unpaired) electrons. The van der Waals surface area contributed by atoms with Crippen molar-refractivity contribution in [2.24, 2.45) is 0 Å². The molecule has 0 N–H and O–H groups in total. The topological polar surface area (TPSA) is 59.5 Å². The van der Waals surface area contributed by atoms with Crippen molar-refractivity contribution < 1.29 is 14.3 Å². The number of rotatable bonds is 5. The Hall–Kier alpha value is -3.73. The Balaban J connectivity index is 1.89. The highest BCUT2D eigenvalue weighted by atomic mass is 16.5. The highest BCUT2D eigenvalue weighted by Crippen LogP contribution is 2.32. The Morgan fingerprint density at radius 2 is 1.31 bits per heavy atom. The fourth-order valence-electron chi connectivity index (χ4n) is 2.56. The Kier molecular flexibility index (Phi) is 4.90. The van der Waals surface area contributed by atoms with Gasteiger partial charge in [0.1, 0.15) is 11.5 Å². The van der Waals surface area contributed by atoms with E-state index in [1.165, 1.54) is 24.3 Å². The van der Waals surface area contributed by atoms with E-state index in [9.17, 15) is 9.59 Å². The smallest absolute Gasteiger partial charge is 0.266 e. The van der Waals surface area contributed by atoms with Crippen molar-refractivity contribution in [3.63, 3.8) is 0 Å². The first kappa shape index (κ1) is 17.1. The van der Waals surface area contributed by atoms with Crippen molar-refractivity contribution >= 4 is 17.5 Å². The molecule has 128 valence electrons. The normalized spacial score (nSPS) is 17.0. The number of carbonyl (C=O) groups is 2. The molecular formula is C21H16N2O3. The predicted octanol–water partition coefficient (Wildman–Crippen LogP) is 3.97. The summed E-state index contributed by atoms with van der Waals surface area (Å²) in [6.45, 7) is 7.19. The Bertz CT molecular complexity index is 889. The summed E-state index contributed by atoms with van der Waals surface area (Å²) in [5.74, 6) is 0.438. The second-order valence-electron chi connectivity index (χ2n) is 5.36. The molecule has 1 saturated heterocycles. The molecule has 3 rings (SSSR count). The third-order valence-electron chi connectivity index (χ3n) is 3.71. The van der Waals surface area contributed by atoms with Crippen molar-refractivity contribution in [1.82, 2.24) is 4.98 Å². The number of amides is 2. The van der Waals surface area contributed by atoms with Crippen LogP contribution in [0.3, 0.4) is 0 Å². The number of imide groups is 1. The van der Waals surface area contributed by atoms with Gasteiger partial charge in [-0.15, -0.1) is 0 Å². The molecule has 0 spiro atoms. The standard InChI is InChI=1S/C21H16N2O3/c1-3-5-18-19(6-4-2)21(25)23(20(18)24)15-7-9-16(10-8-15)26-17-11-13-22-14-12-17/h3-14H,1-2H2/b18-5+,19-6+. The van der Waals surface area contributed by atoms with Crippen LogP contribution in [0.25, 0.3) is 0 Å². The molecule has 1 aromatic carbocycles. The van der Waals surface area contributed by atoms with Crippen molar-refractivity contribution in [2.45, 2.75) is 0 Å². The minimum Gasteiger partial charge on any atom is -0.457 e. The maximum Gasteiger partial charge on any atom is 0.266 e. The Morgan fingerprint density at radius 3 is 1.81 bits per heavy atom. The van der Waals surface area contributed by atoms with Crippen molar-refractivity contribution in [1.29, 1.82) is 0 Å². The summed E-state index contributed by atoms with van der Waals surface area (Å²) in [7, 11) is 0. The van der Waals surface area contributed by atoms with Gasteiger partial charge in [0.15, 0.2) is 0 Å². The van der Waals surface area contributed by atoms with Crippen LogP contribution in [-0.2, 0) is 9.59 Å². The van der Waals surface area contributed by atoms with E-state index in [0.29, 0.717) is 28.3 Å². The van der Waals surface area contributed by atoms with Crippen LogP contribution in [0.1, 0.15) is 0 Å². The molecule has 26 heavy (non-hydrogen) atoms. The lowest BCUT2D eigenvalue weighted by Crippen LogP contribution is -2.29. The molecule has 1 aliphatic rings. The number of hydrogen-bond acceptors (Lipinski definition) is 4. The van der Waals surface area contributed by atoms with Gasteiger partial charge in [0, 0.05) is 12.4 Å². The van der Waals surface area contributed by atoms with Gasteiger partial charge < -0.3 is 4.74 Å². The second kappa shape index (κ2) is 7.44. The van der Waals surface area contributed by atoms with E-state index in [1.807, 2.05) is 0 Å². The number of allylic oxidation sites excluding steroid dienone is 4. The van der Waals surface area contributed by atoms with Gasteiger partial charge in [-0.2, -0.15) is 0 Å². The van der Waals surface area contributed by atoms with E-state index in [-0.39, 0.29) is 0 Å². The van der Waals surface area contributed by atoms with Gasteiger partial charge in [-0.05, 0) is 48.6 Å². The first-order valence-corrected chi connectivity index (χ1v) is 7.88. The lowest BCUT2D eigenvalue weighted by Gasteiger charge is -2.14. The number of ether oxygens (including phenoxy) is 1. The highest BCUT2D eigenvalue weighted by Gasteiger charge is 2.39. The van der Waals surface area contributed by atoms with Crippen LogP contribution in [0, 0.1) is 0 Å². The van der Waals surface area contributed by atoms with Crippen molar-refractivity contribution in [3.8, 4) is 11.5 Å². The van der Waals surface area contributed by atoms with Gasteiger partial charge in [-0.25, -0.2) is 4.90 Å². The largest absolute Gasteiger partial charge is 0.457 e. The van der Waals surface area contributed by atoms with Crippen LogP contribution in [0.2, 0.25) is 0 Å². The minimum absolute atomic E-state index is 0.294. The molecule has 2 aromatic rings. The van der Waals surface area contributed by atoms with Crippen LogP contribution >= 0.6 is 0 Å². The molecule has 0 atom stereocenters. The molecule has 2 amide bonds. The SMILES string of the molecule is C=C/C=C1/C(=O)N(c2ccc(Oc3ccncc3)cc2)C(=O)/C1=C/C=C. The molecule has 0 saturated carbocycles. The number of pyridine rings is 1. The van der Waals surface area contributed by atoms with Crippen LogP contribution in [-0.4, -0.2) is 16.8 Å². The fourth-order valence-corrected chi connectivity index (χ4v) is 2.56. The number of carbonyl (C=O) groups excluding carboxylic acids is 2. The van der Waals surface area contributed by atoms with Crippen LogP contribution in [0.5, 0.6) is 11.5 Å². The number of anilines is 1. The quantitative estimate of drug-likeness (QED) is 0.608. The van der Waals surface area contributed by atoms with E-state index < -0.39 is 11.8 Å². The van der Waals surface area contributed by atoms with Crippen molar-refractivity contribution in [2.75, 3.05) is 4.90 Å². The average molecular weight is 344 g/mol. The van der Waals surface area contributed by atoms with Crippen molar-refractivity contribution in [3.05, 3.63) is 97.4 Å². The number of aromatic nitrogens is 1. The third kappa shape index (κ3) is 3.23. The molecular weight excluding hydrogens is 328 g/mol. The maximum atomic E-state index is 12.6. The zero-order chi connectivity index (χ0) is 18.5. The van der Waals surface area contributed by atoms with E-state index in [4.69, 9.17) is 4.74 Å². The summed E-state index contributed by atoms with van der Waals surface area (Å²) in [4.78, 5) is 30.3. The molecule has 1 fully saturated rings. The highest BCUT2D eigenvalue weighted by molar-refractivity contribution is 6.37. The van der Waals surface area contributed by atoms with Gasteiger partial charge in [0.05, 0.1) is 16.8 Å². The van der Waals surface area contributed by atoms with E-state index in [2.05, 4.69) is 18.1 Å². The summed E-state index contributed by atoms with van der Waals surface area (Å²) in [5.41, 5.74) is 1.05. The number of hydrogen-bond donors (Lipinski definition) is 0. The van der Waals surface area contributed by atoms with Gasteiger partial charge in [-0.3, -0.25) is 14.6 Å². The van der Waals surface area contributed by atoms with Crippen LogP contribution < -0.4 is 9.64 Å². The first-order chi connectivity index (χ1) is 12.7. The monoisotopic (exact) mass is 344 g/mol. The lowest BCUT2D eigenvalue weighted by molar-refractivity contribution is -0.119. The van der Waals surface area contributed by atoms with Gasteiger partial charge in [-0.1, -0.05) is 25.3 Å². The summed E-state index contributed by atoms with van der Waals surface area (Å²) in [6, 6.07) is 10.2. The fraction of sp³-hybridized carbons (Fsp3) is 0. The van der Waals surface area contributed by atoms with Gasteiger partial charge >= 0.3 is 0 Å². The third-order valence-corrected chi connectivity index (χ3v) is 3.71. The second-order valence-corrected chi connectivity index (χ2v) is 5.36. The average Bonchev–Trinajstić information content (AvgIpc) is 2.88. The lowest BCUT2D eigenvalue weighted by atomic mass is 10.1. The van der Waals surface area contributed by atoms with E-state index in [1.54, 1.807) is 48.8 Å². The summed E-state index contributed by atoms with van der Waals surface area (Å²) < 4.78 is 5.69. The minimum atomic E-state index is -0.397. The molecule has 2 heterocycles. The number of benzene rings is 1. The van der Waals surface area contributed by atoms with E-state index in [0.717, 1.165) is 4.90 Å². The van der Waals surface area contributed by atoms with Crippen LogP contribution in [0.15, 0.2) is 97.4 Å². The molecule has 0 aliphatic carbocycles. The number of nitrogens with zero attached hydrogens (tertiary/aromatic N) is 2. The molecule has 5 nitrogen and oxygen atoms in total. The zero-order valence-electron chi connectivity index (χ0n) is 14.0. The maximum absolute atomic E-state index is 12.6. The Labute approximate surface area is 151 Å². The van der Waals surface area contributed by atoms with E-state index >= 15 is 0 Å². The first-order valence-electron chi connectivity index (χ1n) is 7.88. The molecule has 0 unspecified atom stereocenters. The molecule has 5 heteroatoms. The Morgan fingerprint density at radius 1 is 0.808 bits per heavy atom. The van der Waals surface area contributed by atoms with Gasteiger partial charge in [0.25, 0.3) is 11.8 Å². The summed E-state index contributed by atoms with van der Waals surface area (Å²) in [6.07, 6.45) is 9.27. The summed E-state index contributed by atoms with van der Waals surface area (Å²) >= 11 is 0. The predicted molar refractivity (Wildman–Crippen MR) is 99.8 cm³/mol. The summed E-state index contributed by atoms with van der Waals surface area (Å²) in [5, 5.41) is 0. The zero-order valence-corrected chi connectivity index (χ0v) is 14.0. The molecule has 1 aliphatic heterocycles.